The van der Waals surface area contributed by atoms with Gasteiger partial charge in [-0.1, -0.05) is 32.1 Å². The number of rotatable bonds is 7. The van der Waals surface area contributed by atoms with Gasteiger partial charge in [0.1, 0.15) is 5.76 Å². The lowest BCUT2D eigenvalue weighted by atomic mass is 9.94. The number of carbonyl (C=O) groups excluding carboxylic acids is 2. The number of likely N-dealkylation sites (tertiary alicyclic amines) is 1. The number of anilines is 2. The highest BCUT2D eigenvalue weighted by Gasteiger charge is 2.25. The molecule has 186 valence electrons. The van der Waals surface area contributed by atoms with Gasteiger partial charge < -0.3 is 20.0 Å². The molecule has 0 aliphatic carbocycles. The minimum Gasteiger partial charge on any atom is -0.444 e. The minimum atomic E-state index is -0.134. The number of benzene rings is 1. The van der Waals surface area contributed by atoms with Crippen LogP contribution in [-0.2, 0) is 16.0 Å². The van der Waals surface area contributed by atoms with Crippen molar-refractivity contribution in [2.45, 2.75) is 62.0 Å². The van der Waals surface area contributed by atoms with Crippen molar-refractivity contribution in [3.8, 4) is 0 Å². The summed E-state index contributed by atoms with van der Waals surface area (Å²) in [7, 11) is 0. The summed E-state index contributed by atoms with van der Waals surface area (Å²) in [5, 5.41) is 7.08. The predicted molar refractivity (Wildman–Crippen MR) is 140 cm³/mol. The number of thiazole rings is 1. The van der Waals surface area contributed by atoms with E-state index in [-0.39, 0.29) is 23.3 Å². The summed E-state index contributed by atoms with van der Waals surface area (Å²) in [6.07, 6.45) is 5.59. The number of carbonyl (C=O) groups is 2. The maximum atomic E-state index is 13.0. The molecule has 0 bridgehead atoms. The minimum absolute atomic E-state index is 0.00170. The van der Waals surface area contributed by atoms with Crippen LogP contribution in [0.5, 0.6) is 0 Å². The van der Waals surface area contributed by atoms with Gasteiger partial charge in [0.15, 0.2) is 5.13 Å². The predicted octanol–water partition coefficient (Wildman–Crippen LogP) is 5.40. The Hall–Kier alpha value is -2.85. The van der Waals surface area contributed by atoms with E-state index in [0.717, 1.165) is 40.4 Å². The van der Waals surface area contributed by atoms with Crippen molar-refractivity contribution in [3.05, 3.63) is 53.9 Å². The first-order valence-corrected chi connectivity index (χ1v) is 13.4. The molecule has 1 fully saturated rings. The molecule has 8 nitrogen and oxygen atoms in total. The zero-order valence-corrected chi connectivity index (χ0v) is 22.1. The Labute approximate surface area is 213 Å². The van der Waals surface area contributed by atoms with Gasteiger partial charge in [-0.25, -0.2) is 9.97 Å². The molecule has 3 aromatic rings. The van der Waals surface area contributed by atoms with Crippen LogP contribution in [0.4, 0.5) is 10.8 Å². The molecule has 2 N–H and O–H groups in total. The Morgan fingerprint density at radius 2 is 1.97 bits per heavy atom. The van der Waals surface area contributed by atoms with E-state index in [2.05, 4.69) is 41.4 Å². The van der Waals surface area contributed by atoms with Crippen LogP contribution in [0, 0.1) is 0 Å². The van der Waals surface area contributed by atoms with Gasteiger partial charge in [0, 0.05) is 42.7 Å². The average Bonchev–Trinajstić information content (AvgIpc) is 3.47. The largest absolute Gasteiger partial charge is 0.444 e. The highest BCUT2D eigenvalue weighted by Crippen LogP contribution is 2.32. The molecule has 1 aliphatic heterocycles. The summed E-state index contributed by atoms with van der Waals surface area (Å²) >= 11 is 3.26. The molecular weight excluding hydrogens is 482 g/mol. The standard InChI is InChI=1S/C25H31N5O3S2/c1-16(31)28-18-9-7-17(8-10-18)23(32)30-11-5-6-19(14-30)29-24-27-13-22(35-24)34-15-21-26-12-20(33-21)25(2,3)4/h7-10,12-13,19H,5-6,11,14-15H2,1-4H3,(H,27,29)(H,28,31)/t19-/m1/s1. The van der Waals surface area contributed by atoms with E-state index in [9.17, 15) is 9.59 Å². The van der Waals surface area contributed by atoms with Crippen molar-refractivity contribution in [3.63, 3.8) is 0 Å². The van der Waals surface area contributed by atoms with Crippen LogP contribution in [0.2, 0.25) is 0 Å². The maximum absolute atomic E-state index is 13.0. The van der Waals surface area contributed by atoms with Crippen molar-refractivity contribution in [2.75, 3.05) is 23.7 Å². The third kappa shape index (κ3) is 6.85. The Morgan fingerprint density at radius 1 is 1.20 bits per heavy atom. The first-order valence-electron chi connectivity index (χ1n) is 11.6. The Bertz CT molecular complexity index is 1170. The molecule has 1 saturated heterocycles. The summed E-state index contributed by atoms with van der Waals surface area (Å²) in [6.45, 7) is 9.14. The average molecular weight is 514 g/mol. The lowest BCUT2D eigenvalue weighted by molar-refractivity contribution is -0.114. The Kier molecular flexibility index (Phi) is 7.81. The van der Waals surface area contributed by atoms with Crippen LogP contribution in [0.1, 0.15) is 62.5 Å². The molecule has 0 radical (unpaired) electrons. The van der Waals surface area contributed by atoms with Crippen molar-refractivity contribution in [1.29, 1.82) is 0 Å². The Balaban J connectivity index is 1.29. The van der Waals surface area contributed by atoms with Crippen molar-refractivity contribution >= 4 is 45.7 Å². The molecular formula is C25H31N5O3S2. The number of nitrogens with zero attached hydrogens (tertiary/aromatic N) is 3. The smallest absolute Gasteiger partial charge is 0.253 e. The van der Waals surface area contributed by atoms with Gasteiger partial charge in [-0.2, -0.15) is 0 Å². The lowest BCUT2D eigenvalue weighted by Gasteiger charge is -2.33. The van der Waals surface area contributed by atoms with Gasteiger partial charge in [-0.05, 0) is 37.1 Å². The molecule has 10 heteroatoms. The summed E-state index contributed by atoms with van der Waals surface area (Å²) in [5.41, 5.74) is 1.25. The van der Waals surface area contributed by atoms with Gasteiger partial charge in [0.2, 0.25) is 11.8 Å². The Morgan fingerprint density at radius 3 is 2.66 bits per heavy atom. The molecule has 2 amide bonds. The summed E-state index contributed by atoms with van der Waals surface area (Å²) in [4.78, 5) is 35.0. The fraction of sp³-hybridized carbons (Fsp3) is 0.440. The van der Waals surface area contributed by atoms with E-state index < -0.39 is 0 Å². The lowest BCUT2D eigenvalue weighted by Crippen LogP contribution is -2.45. The molecule has 0 unspecified atom stereocenters. The first-order chi connectivity index (χ1) is 16.7. The SMILES string of the molecule is CC(=O)Nc1ccc(C(=O)N2CCC[C@@H](Nc3ncc(SCc4ncc(C(C)(C)C)o4)s3)C2)cc1. The normalized spacial score (nSPS) is 16.2. The number of thioether (sulfide) groups is 1. The second-order valence-electron chi connectivity index (χ2n) is 9.63. The molecule has 2 aromatic heterocycles. The van der Waals surface area contributed by atoms with Gasteiger partial charge in [-0.3, -0.25) is 9.59 Å². The monoisotopic (exact) mass is 513 g/mol. The molecule has 1 aromatic carbocycles. The van der Waals surface area contributed by atoms with E-state index in [1.165, 1.54) is 6.92 Å². The molecule has 1 aliphatic rings. The summed E-state index contributed by atoms with van der Waals surface area (Å²) in [6, 6.07) is 7.17. The highest BCUT2D eigenvalue weighted by molar-refractivity contribution is 8.00. The molecule has 1 atom stereocenters. The second kappa shape index (κ2) is 10.8. The van der Waals surface area contributed by atoms with Crippen LogP contribution in [0.15, 0.2) is 45.3 Å². The quantitative estimate of drug-likeness (QED) is 0.408. The highest BCUT2D eigenvalue weighted by atomic mass is 32.2. The summed E-state index contributed by atoms with van der Waals surface area (Å²) < 4.78 is 6.96. The van der Waals surface area contributed by atoms with Crippen LogP contribution in [0.25, 0.3) is 0 Å². The topological polar surface area (TPSA) is 100 Å². The molecule has 4 rings (SSSR count). The number of nitrogens with one attached hydrogen (secondary N) is 2. The number of hydrogen-bond donors (Lipinski definition) is 2. The van der Waals surface area contributed by atoms with E-state index in [1.54, 1.807) is 47.4 Å². The zero-order valence-electron chi connectivity index (χ0n) is 20.5. The van der Waals surface area contributed by atoms with Crippen molar-refractivity contribution in [2.24, 2.45) is 0 Å². The van der Waals surface area contributed by atoms with Crippen molar-refractivity contribution < 1.29 is 14.0 Å². The van der Waals surface area contributed by atoms with E-state index in [1.807, 2.05) is 17.3 Å². The van der Waals surface area contributed by atoms with Gasteiger partial charge >= 0.3 is 0 Å². The third-order valence-corrected chi connectivity index (χ3v) is 7.71. The fourth-order valence-corrected chi connectivity index (χ4v) is 5.59. The van der Waals surface area contributed by atoms with E-state index in [0.29, 0.717) is 23.5 Å². The third-order valence-electron chi connectivity index (χ3n) is 5.60. The molecule has 35 heavy (non-hydrogen) atoms. The van der Waals surface area contributed by atoms with Crippen LogP contribution in [0.3, 0.4) is 0 Å². The van der Waals surface area contributed by atoms with Gasteiger partial charge in [0.05, 0.1) is 22.4 Å². The van der Waals surface area contributed by atoms with Crippen LogP contribution >= 0.6 is 23.1 Å². The number of amides is 2. The fourth-order valence-electron chi connectivity index (χ4n) is 3.79. The number of aromatic nitrogens is 2. The maximum Gasteiger partial charge on any atom is 0.253 e. The van der Waals surface area contributed by atoms with E-state index in [4.69, 9.17) is 4.42 Å². The number of oxazole rings is 1. The molecule has 0 spiro atoms. The zero-order chi connectivity index (χ0) is 25.0. The second-order valence-corrected chi connectivity index (χ2v) is 11.9. The van der Waals surface area contributed by atoms with E-state index >= 15 is 0 Å². The van der Waals surface area contributed by atoms with Crippen LogP contribution < -0.4 is 10.6 Å². The molecule has 3 heterocycles. The van der Waals surface area contributed by atoms with Crippen molar-refractivity contribution in [1.82, 2.24) is 14.9 Å². The van der Waals surface area contributed by atoms with Crippen LogP contribution in [-0.4, -0.2) is 45.8 Å². The first kappa shape index (κ1) is 25.2. The number of piperidine rings is 1. The number of hydrogen-bond acceptors (Lipinski definition) is 8. The van der Waals surface area contributed by atoms with Gasteiger partial charge in [0.25, 0.3) is 5.91 Å². The molecule has 0 saturated carbocycles. The van der Waals surface area contributed by atoms with Gasteiger partial charge in [-0.15, -0.1) is 11.8 Å². The summed E-state index contributed by atoms with van der Waals surface area (Å²) in [5.74, 6) is 2.13.